The molecule has 2 nitrogen and oxygen atoms in total. The Hall–Kier alpha value is -1.18. The van der Waals surface area contributed by atoms with E-state index in [1.165, 1.54) is 0 Å². The van der Waals surface area contributed by atoms with E-state index >= 15 is 0 Å². The quantitative estimate of drug-likeness (QED) is 0.472. The lowest BCUT2D eigenvalue weighted by atomic mass is 10.3. The highest BCUT2D eigenvalue weighted by atomic mass is 15.3. The van der Waals surface area contributed by atoms with Crippen LogP contribution < -0.4 is 10.6 Å². The van der Waals surface area contributed by atoms with Crippen molar-refractivity contribution in [3.8, 4) is 0 Å². The molecular formula is C9H14N2. The van der Waals surface area contributed by atoms with Crippen LogP contribution in [0.4, 0.5) is 0 Å². The van der Waals surface area contributed by atoms with Crippen LogP contribution in [0.25, 0.3) is 0 Å². The highest BCUT2D eigenvalue weighted by Crippen LogP contribution is 2.10. The fourth-order valence-electron chi connectivity index (χ4n) is 0.841. The molecule has 0 aromatic carbocycles. The summed E-state index contributed by atoms with van der Waals surface area (Å²) in [6.45, 7) is 7.78. The highest BCUT2D eigenvalue weighted by molar-refractivity contribution is 5.26. The Morgan fingerprint density at radius 3 is 2.64 bits per heavy atom. The average molecular weight is 150 g/mol. The lowest BCUT2D eigenvalue weighted by Gasteiger charge is -2.01. The molecule has 1 unspecified atom stereocenters. The summed E-state index contributed by atoms with van der Waals surface area (Å²) in [7, 11) is 0. The molecule has 1 aliphatic rings. The highest BCUT2D eigenvalue weighted by Gasteiger charge is 2.25. The second-order valence-electron chi connectivity index (χ2n) is 2.49. The van der Waals surface area contributed by atoms with Gasteiger partial charge in [0.2, 0.25) is 0 Å². The molecule has 1 atom stereocenters. The summed E-state index contributed by atoms with van der Waals surface area (Å²) in [4.78, 5) is 0. The van der Waals surface area contributed by atoms with E-state index < -0.39 is 0 Å². The van der Waals surface area contributed by atoms with Crippen molar-refractivity contribution < 1.29 is 0 Å². The molecule has 2 heteroatoms. The molecule has 0 aromatic heterocycles. The summed E-state index contributed by atoms with van der Waals surface area (Å²) < 4.78 is 0. The van der Waals surface area contributed by atoms with Crippen molar-refractivity contribution in [2.75, 3.05) is 0 Å². The van der Waals surface area contributed by atoms with Gasteiger partial charge in [0, 0.05) is 11.4 Å². The largest absolute Gasteiger partial charge is 0.361 e. The Morgan fingerprint density at radius 2 is 2.27 bits per heavy atom. The zero-order chi connectivity index (χ0) is 8.27. The topological polar surface area (TPSA) is 34.0 Å². The van der Waals surface area contributed by atoms with Gasteiger partial charge in [0.1, 0.15) is 6.17 Å². The Morgan fingerprint density at radius 1 is 1.64 bits per heavy atom. The van der Waals surface area contributed by atoms with Crippen molar-refractivity contribution in [1.82, 2.24) is 10.6 Å². The Balaban J connectivity index is 2.39. The standard InChI is InChI=1S/C9H14N2/c1-4-6-8(5-2)11-9-7(3)10-9/h4-6,9-11H,3H2,1-2H3/b6-4-,8-5+. The average Bonchev–Trinajstić information content (AvgIpc) is 2.66. The third kappa shape index (κ3) is 2.15. The fraction of sp³-hybridized carbons (Fsp3) is 0.333. The monoisotopic (exact) mass is 150 g/mol. The van der Waals surface area contributed by atoms with Gasteiger partial charge < -0.3 is 10.6 Å². The molecule has 1 saturated heterocycles. The summed E-state index contributed by atoms with van der Waals surface area (Å²) in [6, 6.07) is 0. The second-order valence-corrected chi connectivity index (χ2v) is 2.49. The van der Waals surface area contributed by atoms with E-state index in [9.17, 15) is 0 Å². The van der Waals surface area contributed by atoms with Crippen molar-refractivity contribution in [2.45, 2.75) is 20.0 Å². The molecule has 0 aliphatic carbocycles. The van der Waals surface area contributed by atoms with E-state index in [0.717, 1.165) is 11.4 Å². The van der Waals surface area contributed by atoms with Crippen molar-refractivity contribution in [2.24, 2.45) is 0 Å². The van der Waals surface area contributed by atoms with Crippen LogP contribution in [-0.2, 0) is 0 Å². The number of hydrogen-bond donors (Lipinski definition) is 2. The van der Waals surface area contributed by atoms with Gasteiger partial charge in [0.25, 0.3) is 0 Å². The minimum Gasteiger partial charge on any atom is -0.361 e. The molecular weight excluding hydrogens is 136 g/mol. The second kappa shape index (κ2) is 3.28. The first-order valence-electron chi connectivity index (χ1n) is 3.78. The van der Waals surface area contributed by atoms with Crippen LogP contribution in [0.15, 0.2) is 36.2 Å². The van der Waals surface area contributed by atoms with E-state index in [4.69, 9.17) is 0 Å². The third-order valence-corrected chi connectivity index (χ3v) is 1.56. The predicted octanol–water partition coefficient (Wildman–Crippen LogP) is 1.50. The number of allylic oxidation sites excluding steroid dienone is 3. The first kappa shape index (κ1) is 7.92. The summed E-state index contributed by atoms with van der Waals surface area (Å²) in [5.41, 5.74) is 2.19. The van der Waals surface area contributed by atoms with Gasteiger partial charge in [-0.3, -0.25) is 0 Å². The van der Waals surface area contributed by atoms with Crippen molar-refractivity contribution >= 4 is 0 Å². The van der Waals surface area contributed by atoms with Gasteiger partial charge >= 0.3 is 0 Å². The summed E-state index contributed by atoms with van der Waals surface area (Å²) in [5, 5.41) is 6.33. The molecule has 0 bridgehead atoms. The van der Waals surface area contributed by atoms with Gasteiger partial charge in [0.05, 0.1) is 0 Å². The normalized spacial score (nSPS) is 23.6. The van der Waals surface area contributed by atoms with E-state index in [0.29, 0.717) is 0 Å². The van der Waals surface area contributed by atoms with E-state index in [1.54, 1.807) is 0 Å². The zero-order valence-electron chi connectivity index (χ0n) is 7.02. The zero-order valence-corrected chi connectivity index (χ0v) is 7.02. The minimum absolute atomic E-state index is 0.289. The molecule has 1 heterocycles. The van der Waals surface area contributed by atoms with Crippen LogP contribution in [-0.4, -0.2) is 6.17 Å². The van der Waals surface area contributed by atoms with E-state index in [-0.39, 0.29) is 6.17 Å². The van der Waals surface area contributed by atoms with Gasteiger partial charge in [-0.2, -0.15) is 0 Å². The van der Waals surface area contributed by atoms with Crippen LogP contribution in [0.5, 0.6) is 0 Å². The lowest BCUT2D eigenvalue weighted by Crippen LogP contribution is -2.17. The summed E-state index contributed by atoms with van der Waals surface area (Å²) in [6.07, 6.45) is 6.37. The smallest absolute Gasteiger partial charge is 0.137 e. The van der Waals surface area contributed by atoms with Crippen LogP contribution in [0.2, 0.25) is 0 Å². The van der Waals surface area contributed by atoms with Gasteiger partial charge in [-0.05, 0) is 19.9 Å². The summed E-state index contributed by atoms with van der Waals surface area (Å²) in [5.74, 6) is 0. The van der Waals surface area contributed by atoms with Gasteiger partial charge in [-0.25, -0.2) is 0 Å². The fourth-order valence-corrected chi connectivity index (χ4v) is 0.841. The van der Waals surface area contributed by atoms with Crippen molar-refractivity contribution in [3.63, 3.8) is 0 Å². The SMILES string of the molecule is C=C1NC1NC(/C=C\C)=C/C. The molecule has 0 aromatic rings. The van der Waals surface area contributed by atoms with Crippen molar-refractivity contribution in [3.05, 3.63) is 36.2 Å². The maximum Gasteiger partial charge on any atom is 0.137 e. The predicted molar refractivity (Wildman–Crippen MR) is 47.8 cm³/mol. The number of hydrogen-bond acceptors (Lipinski definition) is 2. The minimum atomic E-state index is 0.289. The molecule has 1 fully saturated rings. The van der Waals surface area contributed by atoms with Crippen LogP contribution in [0.1, 0.15) is 13.8 Å². The molecule has 0 spiro atoms. The molecule has 0 saturated carbocycles. The van der Waals surface area contributed by atoms with Crippen LogP contribution >= 0.6 is 0 Å². The Kier molecular flexibility index (Phi) is 2.36. The maximum atomic E-state index is 3.77. The Bertz CT molecular complexity index is 214. The Labute approximate surface area is 67.7 Å². The van der Waals surface area contributed by atoms with Gasteiger partial charge in [-0.1, -0.05) is 18.7 Å². The first-order valence-corrected chi connectivity index (χ1v) is 3.78. The molecule has 0 radical (unpaired) electrons. The van der Waals surface area contributed by atoms with Crippen molar-refractivity contribution in [1.29, 1.82) is 0 Å². The number of rotatable bonds is 3. The van der Waals surface area contributed by atoms with E-state index in [1.807, 2.05) is 32.1 Å². The van der Waals surface area contributed by atoms with Gasteiger partial charge in [0.15, 0.2) is 0 Å². The maximum absolute atomic E-state index is 3.77. The lowest BCUT2D eigenvalue weighted by molar-refractivity contribution is 0.814. The van der Waals surface area contributed by atoms with Gasteiger partial charge in [-0.15, -0.1) is 0 Å². The molecule has 11 heavy (non-hydrogen) atoms. The molecule has 2 N–H and O–H groups in total. The van der Waals surface area contributed by atoms with Crippen LogP contribution in [0.3, 0.4) is 0 Å². The third-order valence-electron chi connectivity index (χ3n) is 1.56. The molecule has 0 amide bonds. The van der Waals surface area contributed by atoms with E-state index in [2.05, 4.69) is 17.2 Å². The molecule has 1 rings (SSSR count). The first-order chi connectivity index (χ1) is 5.27. The van der Waals surface area contributed by atoms with Crippen LogP contribution in [0, 0.1) is 0 Å². The molecule has 1 aliphatic heterocycles. The molecule has 60 valence electrons. The number of nitrogens with one attached hydrogen (secondary N) is 2. The summed E-state index contributed by atoms with van der Waals surface area (Å²) >= 11 is 0.